The van der Waals surface area contributed by atoms with Crippen LogP contribution in [0.25, 0.3) is 0 Å². The third kappa shape index (κ3) is 9.33. The molecule has 0 aromatic carbocycles. The summed E-state index contributed by atoms with van der Waals surface area (Å²) in [4.78, 5) is 46.9. The Morgan fingerprint density at radius 2 is 1.62 bits per heavy atom. The van der Waals surface area contributed by atoms with E-state index in [1.165, 1.54) is 6.92 Å². The fraction of sp³-hybridized carbons (Fsp3) is 0.750. The van der Waals surface area contributed by atoms with Crippen molar-refractivity contribution >= 4 is 23.7 Å². The number of hydrogen-bond donors (Lipinski definition) is 6. The first-order valence-corrected chi connectivity index (χ1v) is 8.66. The molecule has 0 aromatic heterocycles. The van der Waals surface area contributed by atoms with Gasteiger partial charge < -0.3 is 32.5 Å². The lowest BCUT2D eigenvalue weighted by Gasteiger charge is -2.22. The third-order valence-corrected chi connectivity index (χ3v) is 3.66. The highest BCUT2D eigenvalue weighted by atomic mass is 16.4. The number of nitrogens with two attached hydrogens (primary N) is 2. The van der Waals surface area contributed by atoms with Gasteiger partial charge in [-0.2, -0.15) is 0 Å². The second kappa shape index (κ2) is 12.2. The van der Waals surface area contributed by atoms with Gasteiger partial charge in [0.1, 0.15) is 12.1 Å². The van der Waals surface area contributed by atoms with Crippen molar-refractivity contribution < 1.29 is 24.3 Å². The third-order valence-electron chi connectivity index (χ3n) is 3.66. The summed E-state index contributed by atoms with van der Waals surface area (Å²) < 4.78 is 0. The van der Waals surface area contributed by atoms with E-state index in [1.54, 1.807) is 13.8 Å². The molecule has 10 heteroatoms. The van der Waals surface area contributed by atoms with Crippen LogP contribution < -0.4 is 27.4 Å². The molecule has 0 rings (SSSR count). The van der Waals surface area contributed by atoms with Crippen molar-refractivity contribution in [3.63, 3.8) is 0 Å². The molecule has 0 fully saturated rings. The molecule has 10 nitrogen and oxygen atoms in total. The van der Waals surface area contributed by atoms with E-state index in [2.05, 4.69) is 16.0 Å². The smallest absolute Gasteiger partial charge is 0.326 e. The molecule has 0 aromatic rings. The van der Waals surface area contributed by atoms with Gasteiger partial charge in [-0.05, 0) is 38.6 Å². The zero-order chi connectivity index (χ0) is 20.3. The fourth-order valence-corrected chi connectivity index (χ4v) is 2.09. The number of amides is 3. The number of hydrogen-bond acceptors (Lipinski definition) is 6. The number of carbonyl (C=O) groups excluding carboxylic acids is 3. The highest BCUT2D eigenvalue weighted by Gasteiger charge is 2.26. The van der Waals surface area contributed by atoms with Gasteiger partial charge in [-0.1, -0.05) is 13.8 Å². The van der Waals surface area contributed by atoms with Gasteiger partial charge in [0, 0.05) is 0 Å². The predicted octanol–water partition coefficient (Wildman–Crippen LogP) is -1.71. The molecule has 0 aliphatic rings. The van der Waals surface area contributed by atoms with Crippen LogP contribution in [0.5, 0.6) is 0 Å². The summed E-state index contributed by atoms with van der Waals surface area (Å²) in [6.07, 6.45) is 1.48. The van der Waals surface area contributed by atoms with Gasteiger partial charge in [0.05, 0.1) is 12.6 Å². The van der Waals surface area contributed by atoms with Crippen LogP contribution in [0, 0.1) is 5.92 Å². The minimum Gasteiger partial charge on any atom is -0.480 e. The summed E-state index contributed by atoms with van der Waals surface area (Å²) in [6.45, 7) is 5.03. The van der Waals surface area contributed by atoms with Gasteiger partial charge in [-0.25, -0.2) is 4.79 Å². The zero-order valence-corrected chi connectivity index (χ0v) is 15.6. The first-order chi connectivity index (χ1) is 12.1. The van der Waals surface area contributed by atoms with Crippen LogP contribution in [-0.2, 0) is 19.2 Å². The van der Waals surface area contributed by atoms with Gasteiger partial charge in [-0.3, -0.25) is 14.4 Å². The van der Waals surface area contributed by atoms with Gasteiger partial charge in [-0.15, -0.1) is 0 Å². The van der Waals surface area contributed by atoms with E-state index >= 15 is 0 Å². The molecule has 8 N–H and O–H groups in total. The molecule has 0 bridgehead atoms. The van der Waals surface area contributed by atoms with Crippen LogP contribution in [0.1, 0.15) is 40.0 Å². The summed E-state index contributed by atoms with van der Waals surface area (Å²) in [5, 5.41) is 16.4. The number of nitrogens with one attached hydrogen (secondary N) is 3. The molecule has 3 atom stereocenters. The number of rotatable bonds is 12. The highest BCUT2D eigenvalue weighted by molar-refractivity contribution is 5.92. The van der Waals surface area contributed by atoms with E-state index in [1.807, 2.05) is 0 Å². The monoisotopic (exact) mass is 373 g/mol. The lowest BCUT2D eigenvalue weighted by molar-refractivity contribution is -0.142. The molecular formula is C16H31N5O5. The average molecular weight is 373 g/mol. The molecule has 0 radical (unpaired) electrons. The van der Waals surface area contributed by atoms with Gasteiger partial charge >= 0.3 is 5.97 Å². The molecule has 0 spiro atoms. The Hall–Kier alpha value is -2.20. The maximum absolute atomic E-state index is 12.2. The molecule has 3 unspecified atom stereocenters. The summed E-state index contributed by atoms with van der Waals surface area (Å²) in [7, 11) is 0. The lowest BCUT2D eigenvalue weighted by Crippen LogP contribution is -2.54. The lowest BCUT2D eigenvalue weighted by atomic mass is 10.0. The van der Waals surface area contributed by atoms with Crippen molar-refractivity contribution in [1.82, 2.24) is 16.0 Å². The summed E-state index contributed by atoms with van der Waals surface area (Å²) in [5.74, 6) is -3.01. The normalized spacial score (nSPS) is 14.2. The number of carboxylic acid groups (broad SMARTS) is 1. The van der Waals surface area contributed by atoms with Crippen molar-refractivity contribution in [2.75, 3.05) is 13.1 Å². The number of carbonyl (C=O) groups is 4. The minimum atomic E-state index is -1.15. The molecular weight excluding hydrogens is 342 g/mol. The minimum absolute atomic E-state index is 0.219. The van der Waals surface area contributed by atoms with E-state index in [-0.39, 0.29) is 12.3 Å². The Morgan fingerprint density at radius 1 is 1.00 bits per heavy atom. The Morgan fingerprint density at radius 3 is 2.08 bits per heavy atom. The summed E-state index contributed by atoms with van der Waals surface area (Å²) >= 11 is 0. The quantitative estimate of drug-likeness (QED) is 0.221. The molecule has 0 heterocycles. The van der Waals surface area contributed by atoms with Crippen molar-refractivity contribution in [2.24, 2.45) is 17.4 Å². The van der Waals surface area contributed by atoms with E-state index in [0.29, 0.717) is 19.4 Å². The summed E-state index contributed by atoms with van der Waals surface area (Å²) in [6, 6.07) is -2.65. The number of aliphatic carboxylic acids is 1. The van der Waals surface area contributed by atoms with Crippen LogP contribution in [0.4, 0.5) is 0 Å². The van der Waals surface area contributed by atoms with Crippen molar-refractivity contribution in [1.29, 1.82) is 0 Å². The van der Waals surface area contributed by atoms with Crippen LogP contribution in [0.15, 0.2) is 0 Å². The summed E-state index contributed by atoms with van der Waals surface area (Å²) in [5.41, 5.74) is 10.8. The van der Waals surface area contributed by atoms with E-state index < -0.39 is 48.4 Å². The standard InChI is InChI=1S/C16H31N5O5/c1-9(2)13(21-14(23)10(3)18)15(24)19-8-12(22)20-11(16(25)26)6-4-5-7-17/h9-11,13H,4-8,17-18H2,1-3H3,(H,19,24)(H,20,22)(H,21,23)(H,25,26). The fourth-order valence-electron chi connectivity index (χ4n) is 2.09. The Labute approximate surface area is 153 Å². The predicted molar refractivity (Wildman–Crippen MR) is 95.9 cm³/mol. The molecule has 0 saturated heterocycles. The maximum Gasteiger partial charge on any atom is 0.326 e. The zero-order valence-electron chi connectivity index (χ0n) is 15.6. The average Bonchev–Trinajstić information content (AvgIpc) is 2.55. The molecule has 3 amide bonds. The first kappa shape index (κ1) is 23.8. The van der Waals surface area contributed by atoms with Crippen LogP contribution in [-0.4, -0.2) is 60.0 Å². The second-order valence-electron chi connectivity index (χ2n) is 6.48. The Balaban J connectivity index is 4.57. The molecule has 26 heavy (non-hydrogen) atoms. The van der Waals surface area contributed by atoms with Crippen molar-refractivity contribution in [2.45, 2.75) is 58.2 Å². The Kier molecular flexibility index (Phi) is 11.2. The molecule has 0 saturated carbocycles. The van der Waals surface area contributed by atoms with Gasteiger partial charge in [0.2, 0.25) is 17.7 Å². The van der Waals surface area contributed by atoms with Crippen LogP contribution in [0.2, 0.25) is 0 Å². The van der Waals surface area contributed by atoms with Crippen molar-refractivity contribution in [3.8, 4) is 0 Å². The number of unbranched alkanes of at least 4 members (excludes halogenated alkanes) is 1. The largest absolute Gasteiger partial charge is 0.480 e. The SMILES string of the molecule is CC(N)C(=O)NC(C(=O)NCC(=O)NC(CCCCN)C(=O)O)C(C)C. The van der Waals surface area contributed by atoms with Crippen molar-refractivity contribution in [3.05, 3.63) is 0 Å². The number of carboxylic acids is 1. The van der Waals surface area contributed by atoms with Gasteiger partial charge in [0.15, 0.2) is 0 Å². The molecule has 150 valence electrons. The van der Waals surface area contributed by atoms with E-state index in [4.69, 9.17) is 16.6 Å². The van der Waals surface area contributed by atoms with Crippen LogP contribution in [0.3, 0.4) is 0 Å². The maximum atomic E-state index is 12.2. The second-order valence-corrected chi connectivity index (χ2v) is 6.48. The van der Waals surface area contributed by atoms with Crippen LogP contribution >= 0.6 is 0 Å². The first-order valence-electron chi connectivity index (χ1n) is 8.66. The van der Waals surface area contributed by atoms with Gasteiger partial charge in [0.25, 0.3) is 0 Å². The van der Waals surface area contributed by atoms with E-state index in [0.717, 1.165) is 0 Å². The van der Waals surface area contributed by atoms with E-state index in [9.17, 15) is 19.2 Å². The Bertz CT molecular complexity index is 495. The molecule has 0 aliphatic heterocycles. The topological polar surface area (TPSA) is 177 Å². The highest BCUT2D eigenvalue weighted by Crippen LogP contribution is 2.03. The molecule has 0 aliphatic carbocycles.